The van der Waals surface area contributed by atoms with Gasteiger partial charge in [0.25, 0.3) is 0 Å². The molecule has 15 atom stereocenters. The zero-order chi connectivity index (χ0) is 98.1. The molecule has 0 aliphatic carbocycles. The van der Waals surface area contributed by atoms with Gasteiger partial charge in [0.15, 0.2) is 11.6 Å². The zero-order valence-corrected chi connectivity index (χ0v) is 75.2. The molecule has 3 fully saturated rings. The van der Waals surface area contributed by atoms with E-state index >= 15 is 47.5 Å². The van der Waals surface area contributed by atoms with Gasteiger partial charge < -0.3 is 114 Å². The molecule has 3 saturated heterocycles. The van der Waals surface area contributed by atoms with E-state index in [1.165, 1.54) is 58.4 Å². The maximum atomic E-state index is 15.7. The lowest BCUT2D eigenvalue weighted by Gasteiger charge is -2.38. The number of rotatable bonds is 24. The number of likely N-dealkylation sites (N-methyl/N-ethyl adjacent to an activating group) is 3. The number of benzene rings is 5. The first-order valence-corrected chi connectivity index (χ1v) is 44.6. The van der Waals surface area contributed by atoms with Crippen LogP contribution in [0.1, 0.15) is 106 Å². The highest BCUT2D eigenvalue weighted by Crippen LogP contribution is 2.29. The van der Waals surface area contributed by atoms with Crippen molar-refractivity contribution in [1.29, 1.82) is 0 Å². The number of fused-ring (bicyclic) bond motifs is 3. The van der Waals surface area contributed by atoms with Crippen molar-refractivity contribution >= 4 is 129 Å². The monoisotopic (exact) mass is 1880 g/mol. The number of aliphatic hydroxyl groups is 2. The lowest BCUT2D eigenvalue weighted by atomic mass is 9.98. The van der Waals surface area contributed by atoms with E-state index in [9.17, 15) is 78.2 Å². The van der Waals surface area contributed by atoms with Crippen molar-refractivity contribution in [3.8, 4) is 5.75 Å². The fraction of sp³-hybridized carbons (Fsp3) is 0.451. The Morgan fingerprint density at radius 2 is 0.993 bits per heavy atom. The van der Waals surface area contributed by atoms with E-state index < -0.39 is 310 Å². The van der Waals surface area contributed by atoms with Crippen LogP contribution >= 0.6 is 11.8 Å². The Balaban J connectivity index is 1.14. The molecule has 3 aliphatic rings. The first-order chi connectivity index (χ1) is 63.6. The number of aromatic nitrogens is 1. The van der Waals surface area contributed by atoms with E-state index in [-0.39, 0.29) is 36.1 Å². The van der Waals surface area contributed by atoms with Crippen molar-refractivity contribution < 1.29 is 126 Å². The summed E-state index contributed by atoms with van der Waals surface area (Å²) < 4.78 is 29.8. The van der Waals surface area contributed by atoms with Crippen LogP contribution in [0.4, 0.5) is 8.78 Å². The first-order valence-electron chi connectivity index (χ1n) is 43.4. The smallest absolute Gasteiger partial charge is 0.305 e. The normalized spacial score (nSPS) is 24.5. The number of amides is 15. The summed E-state index contributed by atoms with van der Waals surface area (Å²) in [6.45, 7) is 2.57. The SMILES string of the molecule is CCCC[C@H]1C(=O)N2C[C@H](O)C[C@@H]2C(=O)N[C@@H](CC(=O)O)C(=O)N[C@@H](C(C)C)C(=O)N(C)[C@@H](Cc2ccccc2)C(=O)N[C@@H](CC(=O)O)C(=O)N2C[C@H](O)C[C@@H]2C(=O)N[C@@H](Cc2c[nH]c3ccccc23)C(=O)N[C@@H](Cc2ccc(O)cc2)C(=O)N[C@@H](CCC(=O)O)C(=O)N[C@H](C(=O)NCC(N)=O)CSCC(=O)N[C@@H](Cc2ccc(F)c(F)c2)C(=O)N(C)[C@@H](Cc2ccccc2)C(=O)N1C. The molecule has 6 aromatic rings. The molecule has 0 spiro atoms. The standard InChI is InChI=1S/C91H112F2N16O24S/c1-7-8-23-68-90(132)109-45-56(112)39-71(109)86(128)101-64(40-76(117)118)83(125)104-78(48(2)3)91(133)106(5)69(35-49-17-11-9-12-18-49)84(126)102-66(41-77(119)120)88(130)108-44-55(111)38-70(108)85(127)100-63(37-53-42-95-60-22-16-15-21-57(53)60)82(124)99-62(33-51-24-27-54(110)28-25-51)81(123)98-61(30-31-75(115)116)80(122)103-67(79(121)96-43-73(94)113)46-134-47-74(114)97-65(34-52-26-29-58(92)59(93)32-52)87(129)107(6)72(89(131)105(68)4)36-50-19-13-10-14-20-50/h9-22,24-29,32,42,48,55-56,61-72,78,95,110-112H,7-8,23,30-31,33-41,43-47H2,1-6H3,(H2,94,113)(H,96,121)(H,97,114)(H,98,123)(H,99,124)(H,100,127)(H,101,128)(H,102,126)(H,103,122)(H,104,125)(H,115,116)(H,117,118)(H,119,120)/t55-,56-,61+,62+,63+,64+,65+,66+,67+,68+,69+,70-,71-,72+,78+/m1/s1. The molecule has 0 bridgehead atoms. The number of carboxylic acid groups (broad SMARTS) is 3. The molecule has 0 saturated carbocycles. The number of phenols is 1. The molecular weight excluding hydrogens is 1770 g/mol. The number of primary amides is 1. The number of hydrogen-bond donors (Lipinski definition) is 17. The average Bonchev–Trinajstić information content (AvgIpc) is 1.59. The molecule has 1 aromatic heterocycles. The topological polar surface area (TPSA) is 595 Å². The van der Waals surface area contributed by atoms with E-state index in [1.807, 2.05) is 0 Å². The lowest BCUT2D eigenvalue weighted by Crippen LogP contribution is -2.62. The number of nitrogens with one attached hydrogen (secondary N) is 10. The van der Waals surface area contributed by atoms with E-state index in [4.69, 9.17) is 5.73 Å². The predicted octanol–water partition coefficient (Wildman–Crippen LogP) is -1.04. The third kappa shape index (κ3) is 28.8. The van der Waals surface area contributed by atoms with Gasteiger partial charge in [0.2, 0.25) is 88.6 Å². The summed E-state index contributed by atoms with van der Waals surface area (Å²) in [5.41, 5.74) is 7.26. The van der Waals surface area contributed by atoms with Crippen LogP contribution in [0.25, 0.3) is 10.9 Å². The summed E-state index contributed by atoms with van der Waals surface area (Å²) in [6.07, 6.45) is -8.41. The van der Waals surface area contributed by atoms with Crippen LogP contribution in [0.2, 0.25) is 0 Å². The number of unbranched alkanes of at least 4 members (excludes halogenated alkanes) is 1. The summed E-state index contributed by atoms with van der Waals surface area (Å²) in [6, 6.07) is 6.92. The molecule has 43 heteroatoms. The van der Waals surface area contributed by atoms with Gasteiger partial charge in [0.1, 0.15) is 84.3 Å². The number of carbonyl (C=O) groups excluding carboxylic acids is 15. The Hall–Kier alpha value is -14.0. The van der Waals surface area contributed by atoms with Crippen LogP contribution in [0.15, 0.2) is 134 Å². The van der Waals surface area contributed by atoms with Crippen LogP contribution in [0, 0.1) is 17.6 Å². The minimum Gasteiger partial charge on any atom is -0.508 e. The highest BCUT2D eigenvalue weighted by Gasteiger charge is 2.49. The number of nitrogens with zero attached hydrogens (tertiary/aromatic N) is 5. The largest absolute Gasteiger partial charge is 0.508 e. The van der Waals surface area contributed by atoms with Gasteiger partial charge in [-0.3, -0.25) is 86.3 Å². The summed E-state index contributed by atoms with van der Waals surface area (Å²) in [7, 11) is 3.56. The zero-order valence-electron chi connectivity index (χ0n) is 74.4. The van der Waals surface area contributed by atoms with Gasteiger partial charge in [-0.25, -0.2) is 8.78 Å². The second-order valence-corrected chi connectivity index (χ2v) is 34.7. The number of carbonyl (C=O) groups is 18. The van der Waals surface area contributed by atoms with Crippen molar-refractivity contribution in [2.45, 2.75) is 201 Å². The maximum absolute atomic E-state index is 15.7. The van der Waals surface area contributed by atoms with E-state index in [1.54, 1.807) is 91.9 Å². The van der Waals surface area contributed by atoms with Crippen LogP contribution in [-0.2, 0) is 118 Å². The quantitative estimate of drug-likeness (QED) is 0.0344. The van der Waals surface area contributed by atoms with Crippen LogP contribution < -0.4 is 53.6 Å². The van der Waals surface area contributed by atoms with Gasteiger partial charge in [-0.1, -0.05) is 131 Å². The van der Waals surface area contributed by atoms with E-state index in [2.05, 4.69) is 52.8 Å². The number of hydrogen-bond acceptors (Lipinski definition) is 22. The third-order valence-corrected chi connectivity index (χ3v) is 24.4. The molecule has 9 rings (SSSR count). The fourth-order valence-electron chi connectivity index (χ4n) is 16.1. The average molecular weight is 1880 g/mol. The Kier molecular flexibility index (Phi) is 37.5. The summed E-state index contributed by atoms with van der Waals surface area (Å²) in [5.74, 6) is -27.1. The number of aromatic hydroxyl groups is 1. The minimum atomic E-state index is -2.13. The van der Waals surface area contributed by atoms with Gasteiger partial charge in [-0.15, -0.1) is 11.8 Å². The predicted molar refractivity (Wildman–Crippen MR) is 477 cm³/mol. The summed E-state index contributed by atoms with van der Waals surface area (Å²) >= 11 is 0.605. The molecule has 3 aliphatic heterocycles. The van der Waals surface area contributed by atoms with E-state index in [0.717, 1.165) is 49.7 Å². The first kappa shape index (κ1) is 104. The van der Waals surface area contributed by atoms with Crippen LogP contribution in [0.5, 0.6) is 5.75 Å². The van der Waals surface area contributed by atoms with Crippen molar-refractivity contribution in [2.75, 3.05) is 52.3 Å². The number of phenolic OH excluding ortho intramolecular Hbond substituents is 1. The van der Waals surface area contributed by atoms with Crippen molar-refractivity contribution in [3.05, 3.63) is 173 Å². The second-order valence-electron chi connectivity index (χ2n) is 33.6. The molecule has 40 nitrogen and oxygen atoms in total. The molecular formula is C91H112F2N16O24S. The molecule has 134 heavy (non-hydrogen) atoms. The Morgan fingerprint density at radius 3 is 1.57 bits per heavy atom. The lowest BCUT2D eigenvalue weighted by molar-refractivity contribution is -0.152. The van der Waals surface area contributed by atoms with E-state index in [0.29, 0.717) is 45.8 Å². The number of aromatic amines is 1. The number of thioether (sulfide) groups is 1. The molecule has 5 aromatic carbocycles. The maximum Gasteiger partial charge on any atom is 0.305 e. The fourth-order valence-corrected chi connectivity index (χ4v) is 17.0. The molecule has 0 unspecified atom stereocenters. The minimum absolute atomic E-state index is 0.0715. The summed E-state index contributed by atoms with van der Waals surface area (Å²) in [5, 5.41) is 86.7. The van der Waals surface area contributed by atoms with Gasteiger partial charge in [-0.05, 0) is 76.9 Å². The van der Waals surface area contributed by atoms with Crippen molar-refractivity contribution in [1.82, 2.24) is 77.3 Å². The van der Waals surface area contributed by atoms with Crippen LogP contribution in [-0.4, -0.2) is 310 Å². The van der Waals surface area contributed by atoms with Crippen LogP contribution in [0.3, 0.4) is 0 Å². The third-order valence-electron chi connectivity index (χ3n) is 23.3. The number of halogens is 2. The van der Waals surface area contributed by atoms with Crippen molar-refractivity contribution in [3.63, 3.8) is 0 Å². The number of aliphatic carboxylic acids is 3. The Bertz CT molecular complexity index is 5290. The molecule has 720 valence electrons. The second kappa shape index (κ2) is 48.4. The molecule has 15 amide bonds. The number of carboxylic acids is 3. The summed E-state index contributed by atoms with van der Waals surface area (Å²) in [4.78, 5) is 269. The number of H-pyrrole nitrogens is 1. The van der Waals surface area contributed by atoms with Gasteiger partial charge in [0, 0.05) is 108 Å². The number of nitrogens with two attached hydrogens (primary N) is 1. The number of para-hydroxylation sites is 1. The van der Waals surface area contributed by atoms with Gasteiger partial charge in [-0.2, -0.15) is 0 Å². The Labute approximate surface area is 772 Å². The highest BCUT2D eigenvalue weighted by atomic mass is 32.2. The molecule has 4 heterocycles. The Morgan fingerprint density at radius 1 is 0.493 bits per heavy atom. The highest BCUT2D eigenvalue weighted by molar-refractivity contribution is 8.00. The molecule has 18 N–H and O–H groups in total. The molecule has 0 radical (unpaired) electrons. The van der Waals surface area contributed by atoms with Crippen molar-refractivity contribution in [2.24, 2.45) is 11.7 Å². The van der Waals surface area contributed by atoms with Gasteiger partial charge in [0.05, 0.1) is 37.3 Å². The number of aliphatic hydroxyl groups excluding tert-OH is 2. The van der Waals surface area contributed by atoms with Gasteiger partial charge >= 0.3 is 17.9 Å².